The van der Waals surface area contributed by atoms with Gasteiger partial charge in [0.2, 0.25) is 0 Å². The Balaban J connectivity index is 2.41. The molecule has 2 unspecified atom stereocenters. The Bertz CT molecular complexity index is 308. The molecular weight excluding hydrogens is 168 g/mol. The van der Waals surface area contributed by atoms with Crippen molar-refractivity contribution in [1.29, 1.82) is 0 Å². The van der Waals surface area contributed by atoms with Crippen molar-refractivity contribution in [3.05, 3.63) is 29.8 Å². The summed E-state index contributed by atoms with van der Waals surface area (Å²) in [6, 6.07) is 8.24. The van der Waals surface area contributed by atoms with Crippen LogP contribution in [0.2, 0.25) is 0 Å². The third-order valence-electron chi connectivity index (χ3n) is 2.30. The van der Waals surface area contributed by atoms with Gasteiger partial charge in [-0.2, -0.15) is 0 Å². The molecule has 0 amide bonds. The van der Waals surface area contributed by atoms with E-state index in [2.05, 4.69) is 19.1 Å². The van der Waals surface area contributed by atoms with E-state index in [4.69, 9.17) is 0 Å². The maximum absolute atomic E-state index is 10.7. The summed E-state index contributed by atoms with van der Waals surface area (Å²) in [5.74, 6) is 0.378. The molecule has 0 saturated heterocycles. The molecule has 0 N–H and O–H groups in total. The quantitative estimate of drug-likeness (QED) is 0.614. The van der Waals surface area contributed by atoms with Crippen LogP contribution in [-0.2, 0) is 4.79 Å². The molecule has 12 heavy (non-hydrogen) atoms. The first-order valence-electron chi connectivity index (χ1n) is 4.04. The summed E-state index contributed by atoms with van der Waals surface area (Å²) < 4.78 is 0. The zero-order chi connectivity index (χ0) is 8.55. The maximum atomic E-state index is 10.7. The molecule has 2 rings (SSSR count). The molecule has 1 aliphatic heterocycles. The molecule has 0 saturated carbocycles. The standard InChI is InChI=1S/C10H10OS/c1-7-8-4-2-3-5-9(8)12-10(7)6-11/h2-7,10H,1H3. The van der Waals surface area contributed by atoms with Crippen molar-refractivity contribution in [2.75, 3.05) is 0 Å². The van der Waals surface area contributed by atoms with Crippen LogP contribution in [0.1, 0.15) is 18.4 Å². The largest absolute Gasteiger partial charge is 0.302 e. The molecule has 1 aromatic carbocycles. The van der Waals surface area contributed by atoms with Crippen LogP contribution in [0.4, 0.5) is 0 Å². The van der Waals surface area contributed by atoms with Crippen LogP contribution in [0.25, 0.3) is 0 Å². The number of hydrogen-bond donors (Lipinski definition) is 0. The van der Waals surface area contributed by atoms with Gasteiger partial charge in [-0.3, -0.25) is 0 Å². The fourth-order valence-corrected chi connectivity index (χ4v) is 2.78. The van der Waals surface area contributed by atoms with Crippen molar-refractivity contribution in [3.8, 4) is 0 Å². The van der Waals surface area contributed by atoms with Gasteiger partial charge in [0.25, 0.3) is 0 Å². The summed E-state index contributed by atoms with van der Waals surface area (Å²) in [6.07, 6.45) is 1.05. The van der Waals surface area contributed by atoms with Crippen molar-refractivity contribution >= 4 is 18.0 Å². The Kier molecular flexibility index (Phi) is 1.93. The minimum absolute atomic E-state index is 0.127. The third kappa shape index (κ3) is 1.07. The molecule has 0 radical (unpaired) electrons. The van der Waals surface area contributed by atoms with E-state index in [1.807, 2.05) is 12.1 Å². The molecule has 0 aliphatic carbocycles. The predicted octanol–water partition coefficient (Wildman–Crippen LogP) is 2.46. The van der Waals surface area contributed by atoms with Crippen LogP contribution < -0.4 is 0 Å². The fourth-order valence-electron chi connectivity index (χ4n) is 1.54. The SMILES string of the molecule is CC1c2ccccc2SC1C=O. The normalized spacial score (nSPS) is 26.8. The average Bonchev–Trinajstić information content (AvgIpc) is 2.44. The van der Waals surface area contributed by atoms with E-state index in [1.54, 1.807) is 11.8 Å². The second-order valence-corrected chi connectivity index (χ2v) is 4.26. The van der Waals surface area contributed by atoms with Crippen molar-refractivity contribution in [2.24, 2.45) is 0 Å². The van der Waals surface area contributed by atoms with Gasteiger partial charge in [-0.25, -0.2) is 0 Å². The smallest absolute Gasteiger partial charge is 0.133 e. The minimum Gasteiger partial charge on any atom is -0.302 e. The van der Waals surface area contributed by atoms with Gasteiger partial charge < -0.3 is 4.79 Å². The number of thioether (sulfide) groups is 1. The summed E-state index contributed by atoms with van der Waals surface area (Å²) >= 11 is 1.68. The molecule has 2 heteroatoms. The van der Waals surface area contributed by atoms with Gasteiger partial charge in [0.15, 0.2) is 0 Å². The number of aldehydes is 1. The van der Waals surface area contributed by atoms with E-state index >= 15 is 0 Å². The molecule has 0 bridgehead atoms. The van der Waals surface area contributed by atoms with E-state index in [-0.39, 0.29) is 5.25 Å². The number of carbonyl (C=O) groups excluding carboxylic acids is 1. The molecule has 1 aromatic rings. The first-order chi connectivity index (χ1) is 5.83. The van der Waals surface area contributed by atoms with Gasteiger partial charge in [-0.1, -0.05) is 25.1 Å². The summed E-state index contributed by atoms with van der Waals surface area (Å²) in [6.45, 7) is 2.11. The lowest BCUT2D eigenvalue weighted by Crippen LogP contribution is -2.07. The van der Waals surface area contributed by atoms with Crippen LogP contribution in [0.3, 0.4) is 0 Å². The number of carbonyl (C=O) groups is 1. The summed E-state index contributed by atoms with van der Waals surface area (Å²) in [7, 11) is 0. The lowest BCUT2D eigenvalue weighted by atomic mass is 9.99. The van der Waals surface area contributed by atoms with Gasteiger partial charge in [-0.05, 0) is 11.6 Å². The van der Waals surface area contributed by atoms with E-state index in [9.17, 15) is 4.79 Å². The topological polar surface area (TPSA) is 17.1 Å². The Labute approximate surface area is 76.2 Å². The first-order valence-corrected chi connectivity index (χ1v) is 4.92. The average molecular weight is 178 g/mol. The second-order valence-electron chi connectivity index (χ2n) is 3.05. The van der Waals surface area contributed by atoms with E-state index < -0.39 is 0 Å². The molecule has 0 spiro atoms. The molecule has 1 heterocycles. The highest BCUT2D eigenvalue weighted by atomic mass is 32.2. The van der Waals surface area contributed by atoms with E-state index in [0.717, 1.165) is 6.29 Å². The van der Waals surface area contributed by atoms with Crippen LogP contribution >= 0.6 is 11.8 Å². The van der Waals surface area contributed by atoms with Gasteiger partial charge in [0.1, 0.15) is 6.29 Å². The molecule has 2 atom stereocenters. The molecular formula is C10H10OS. The molecule has 0 aromatic heterocycles. The number of rotatable bonds is 1. The molecule has 62 valence electrons. The highest BCUT2D eigenvalue weighted by molar-refractivity contribution is 8.01. The van der Waals surface area contributed by atoms with Crippen LogP contribution in [0.15, 0.2) is 29.2 Å². The Morgan fingerprint density at radius 3 is 2.83 bits per heavy atom. The van der Waals surface area contributed by atoms with Crippen LogP contribution in [0.5, 0.6) is 0 Å². The Morgan fingerprint density at radius 2 is 2.17 bits per heavy atom. The maximum Gasteiger partial charge on any atom is 0.133 e. The van der Waals surface area contributed by atoms with Gasteiger partial charge in [0.05, 0.1) is 5.25 Å². The predicted molar refractivity (Wildman–Crippen MR) is 50.6 cm³/mol. The zero-order valence-corrected chi connectivity index (χ0v) is 7.67. The number of benzene rings is 1. The molecule has 1 aliphatic rings. The summed E-state index contributed by atoms with van der Waals surface area (Å²) in [5, 5.41) is 0.127. The molecule has 0 fully saturated rings. The number of fused-ring (bicyclic) bond motifs is 1. The van der Waals surface area contributed by atoms with Crippen LogP contribution in [0, 0.1) is 0 Å². The highest BCUT2D eigenvalue weighted by Gasteiger charge is 2.28. The van der Waals surface area contributed by atoms with Crippen molar-refractivity contribution in [3.63, 3.8) is 0 Å². The third-order valence-corrected chi connectivity index (χ3v) is 3.72. The second kappa shape index (κ2) is 2.94. The summed E-state index contributed by atoms with van der Waals surface area (Å²) in [4.78, 5) is 11.9. The summed E-state index contributed by atoms with van der Waals surface area (Å²) in [5.41, 5.74) is 1.32. The minimum atomic E-state index is 0.127. The highest BCUT2D eigenvalue weighted by Crippen LogP contribution is 2.43. The van der Waals surface area contributed by atoms with Crippen molar-refractivity contribution < 1.29 is 4.79 Å². The fraction of sp³-hybridized carbons (Fsp3) is 0.300. The number of hydrogen-bond acceptors (Lipinski definition) is 2. The zero-order valence-electron chi connectivity index (χ0n) is 6.86. The lowest BCUT2D eigenvalue weighted by Gasteiger charge is -2.05. The monoisotopic (exact) mass is 178 g/mol. The van der Waals surface area contributed by atoms with Gasteiger partial charge >= 0.3 is 0 Å². The Hall–Kier alpha value is -0.760. The van der Waals surface area contributed by atoms with Gasteiger partial charge in [0, 0.05) is 10.8 Å². The Morgan fingerprint density at radius 1 is 1.42 bits per heavy atom. The molecule has 1 nitrogen and oxygen atoms in total. The first kappa shape index (κ1) is 7.87. The van der Waals surface area contributed by atoms with E-state index in [0.29, 0.717) is 5.92 Å². The van der Waals surface area contributed by atoms with Crippen molar-refractivity contribution in [2.45, 2.75) is 23.0 Å². The van der Waals surface area contributed by atoms with E-state index in [1.165, 1.54) is 10.5 Å². The lowest BCUT2D eigenvalue weighted by molar-refractivity contribution is -0.107. The van der Waals surface area contributed by atoms with Crippen LogP contribution in [-0.4, -0.2) is 11.5 Å². The van der Waals surface area contributed by atoms with Gasteiger partial charge in [-0.15, -0.1) is 11.8 Å². The van der Waals surface area contributed by atoms with Crippen molar-refractivity contribution in [1.82, 2.24) is 0 Å².